The molecule has 0 unspecified atom stereocenters. The molecule has 8 heteroatoms. The van der Waals surface area contributed by atoms with Gasteiger partial charge in [-0.3, -0.25) is 14.4 Å². The van der Waals surface area contributed by atoms with Crippen molar-refractivity contribution < 1.29 is 23.5 Å². The summed E-state index contributed by atoms with van der Waals surface area (Å²) < 4.78 is 18.1. The molecule has 24 heavy (non-hydrogen) atoms. The molecule has 1 heterocycles. The van der Waals surface area contributed by atoms with Crippen LogP contribution in [-0.4, -0.2) is 23.9 Å². The molecule has 0 spiro atoms. The molecule has 2 amide bonds. The first-order valence-electron chi connectivity index (χ1n) is 6.99. The molecule has 0 aliphatic rings. The number of nitrogens with two attached hydrogens (primary N) is 1. The first-order chi connectivity index (χ1) is 11.4. The Labute approximate surface area is 141 Å². The number of nitrogens with one attached hydrogen (secondary N) is 1. The fourth-order valence-electron chi connectivity index (χ4n) is 1.92. The van der Waals surface area contributed by atoms with Crippen molar-refractivity contribution in [3.63, 3.8) is 0 Å². The molecule has 0 saturated carbocycles. The minimum atomic E-state index is -1.08. The number of hydrogen-bond acceptors (Lipinski definition) is 5. The maximum atomic E-state index is 13.1. The summed E-state index contributed by atoms with van der Waals surface area (Å²) in [6.07, 6.45) is -1.23. The molecule has 126 valence electrons. The topological polar surface area (TPSA) is 98.5 Å². The number of primary amides is 1. The highest BCUT2D eigenvalue weighted by atomic mass is 32.1. The molecule has 1 aromatic heterocycles. The van der Waals surface area contributed by atoms with E-state index in [1.54, 1.807) is 11.4 Å². The highest BCUT2D eigenvalue weighted by Crippen LogP contribution is 2.23. The first-order valence-corrected chi connectivity index (χ1v) is 7.87. The Morgan fingerprint density at radius 1 is 1.33 bits per heavy atom. The van der Waals surface area contributed by atoms with Crippen molar-refractivity contribution >= 4 is 34.1 Å². The van der Waals surface area contributed by atoms with Crippen LogP contribution in [0.4, 0.5) is 9.39 Å². The van der Waals surface area contributed by atoms with Gasteiger partial charge in [0, 0.05) is 0 Å². The Morgan fingerprint density at radius 3 is 2.75 bits per heavy atom. The van der Waals surface area contributed by atoms with Gasteiger partial charge in [-0.1, -0.05) is 12.1 Å². The van der Waals surface area contributed by atoms with Gasteiger partial charge >= 0.3 is 5.97 Å². The van der Waals surface area contributed by atoms with Crippen LogP contribution >= 0.6 is 11.3 Å². The van der Waals surface area contributed by atoms with E-state index in [1.807, 2.05) is 0 Å². The standard InChI is InChI=1S/C16H15FN2O4S/c1-9(15(22)19-16-12(14(18)21)5-6-24-16)23-13(20)8-10-3-2-4-11(17)7-10/h2-7,9H,8H2,1H3,(H2,18,21)(H,19,22)/t9-/m0/s1. The summed E-state index contributed by atoms with van der Waals surface area (Å²) in [5.74, 6) is -2.37. The molecule has 1 atom stereocenters. The second-order valence-corrected chi connectivity index (χ2v) is 5.87. The van der Waals surface area contributed by atoms with E-state index in [2.05, 4.69) is 5.32 Å². The van der Waals surface area contributed by atoms with Crippen molar-refractivity contribution in [3.05, 3.63) is 52.7 Å². The van der Waals surface area contributed by atoms with Gasteiger partial charge in [0.15, 0.2) is 6.10 Å². The van der Waals surface area contributed by atoms with Gasteiger partial charge in [-0.25, -0.2) is 4.39 Å². The Balaban J connectivity index is 1.92. The second-order valence-electron chi connectivity index (χ2n) is 4.96. The van der Waals surface area contributed by atoms with Crippen molar-refractivity contribution in [3.8, 4) is 0 Å². The number of thiophene rings is 1. The number of rotatable bonds is 6. The Kier molecular flexibility index (Phi) is 5.64. The number of ether oxygens (including phenoxy) is 1. The SMILES string of the molecule is C[C@H](OC(=O)Cc1cccc(F)c1)C(=O)Nc1sccc1C(N)=O. The van der Waals surface area contributed by atoms with Crippen LogP contribution in [-0.2, 0) is 20.7 Å². The van der Waals surface area contributed by atoms with Gasteiger partial charge in [0.2, 0.25) is 0 Å². The van der Waals surface area contributed by atoms with E-state index >= 15 is 0 Å². The number of benzene rings is 1. The molecular weight excluding hydrogens is 335 g/mol. The summed E-state index contributed by atoms with van der Waals surface area (Å²) in [6.45, 7) is 1.40. The van der Waals surface area contributed by atoms with Crippen LogP contribution in [0.3, 0.4) is 0 Å². The highest BCUT2D eigenvalue weighted by Gasteiger charge is 2.20. The zero-order chi connectivity index (χ0) is 17.7. The maximum Gasteiger partial charge on any atom is 0.311 e. The maximum absolute atomic E-state index is 13.1. The van der Waals surface area contributed by atoms with Gasteiger partial charge in [-0.05, 0) is 36.1 Å². The van der Waals surface area contributed by atoms with Crippen LogP contribution in [0, 0.1) is 5.82 Å². The lowest BCUT2D eigenvalue weighted by atomic mass is 10.1. The molecule has 0 aliphatic heterocycles. The Bertz CT molecular complexity index is 775. The van der Waals surface area contributed by atoms with E-state index in [0.717, 1.165) is 11.3 Å². The van der Waals surface area contributed by atoms with Crippen LogP contribution < -0.4 is 11.1 Å². The molecule has 2 rings (SSSR count). The van der Waals surface area contributed by atoms with Crippen molar-refractivity contribution in [2.45, 2.75) is 19.4 Å². The van der Waals surface area contributed by atoms with Gasteiger partial charge in [-0.15, -0.1) is 11.3 Å². The summed E-state index contributed by atoms with van der Waals surface area (Å²) in [7, 11) is 0. The number of carbonyl (C=O) groups excluding carboxylic acids is 3. The third-order valence-corrected chi connectivity index (χ3v) is 3.91. The van der Waals surface area contributed by atoms with E-state index in [-0.39, 0.29) is 12.0 Å². The van der Waals surface area contributed by atoms with E-state index in [0.29, 0.717) is 10.6 Å². The molecule has 1 aromatic carbocycles. The van der Waals surface area contributed by atoms with Crippen molar-refractivity contribution in [1.82, 2.24) is 0 Å². The van der Waals surface area contributed by atoms with Gasteiger partial charge in [-0.2, -0.15) is 0 Å². The number of amides is 2. The highest BCUT2D eigenvalue weighted by molar-refractivity contribution is 7.14. The molecule has 0 aliphatic carbocycles. The van der Waals surface area contributed by atoms with Gasteiger partial charge in [0.25, 0.3) is 11.8 Å². The third kappa shape index (κ3) is 4.63. The first kappa shape index (κ1) is 17.6. The Hall–Kier alpha value is -2.74. The van der Waals surface area contributed by atoms with Crippen LogP contribution in [0.2, 0.25) is 0 Å². The molecular formula is C16H15FN2O4S. The summed E-state index contributed by atoms with van der Waals surface area (Å²) in [4.78, 5) is 35.1. The van der Waals surface area contributed by atoms with Crippen molar-refractivity contribution in [2.24, 2.45) is 5.73 Å². The summed E-state index contributed by atoms with van der Waals surface area (Å²) >= 11 is 1.13. The van der Waals surface area contributed by atoms with E-state index < -0.39 is 29.7 Å². The van der Waals surface area contributed by atoms with Crippen molar-refractivity contribution in [2.75, 3.05) is 5.32 Å². The van der Waals surface area contributed by atoms with E-state index in [1.165, 1.54) is 31.2 Å². The lowest BCUT2D eigenvalue weighted by Gasteiger charge is -2.13. The molecule has 0 fully saturated rings. The summed E-state index contributed by atoms with van der Waals surface area (Å²) in [6, 6.07) is 7.04. The number of esters is 1. The van der Waals surface area contributed by atoms with Gasteiger partial charge < -0.3 is 15.8 Å². The molecule has 6 nitrogen and oxygen atoms in total. The average molecular weight is 350 g/mol. The predicted octanol–water partition coefficient (Wildman–Crippen LogP) is 2.10. The largest absolute Gasteiger partial charge is 0.452 e. The van der Waals surface area contributed by atoms with Crippen molar-refractivity contribution in [1.29, 1.82) is 0 Å². The second kappa shape index (κ2) is 7.69. The number of carbonyl (C=O) groups is 3. The Morgan fingerprint density at radius 2 is 2.08 bits per heavy atom. The van der Waals surface area contributed by atoms with E-state index in [9.17, 15) is 18.8 Å². The third-order valence-electron chi connectivity index (χ3n) is 3.08. The monoisotopic (exact) mass is 350 g/mol. The van der Waals surface area contributed by atoms with Crippen LogP contribution in [0.25, 0.3) is 0 Å². The van der Waals surface area contributed by atoms with Crippen LogP contribution in [0.15, 0.2) is 35.7 Å². The fraction of sp³-hybridized carbons (Fsp3) is 0.188. The van der Waals surface area contributed by atoms with Crippen LogP contribution in [0.5, 0.6) is 0 Å². The zero-order valence-electron chi connectivity index (χ0n) is 12.7. The molecule has 0 bridgehead atoms. The summed E-state index contributed by atoms with van der Waals surface area (Å²) in [5, 5.41) is 4.39. The van der Waals surface area contributed by atoms with Gasteiger partial charge in [0.1, 0.15) is 10.8 Å². The molecule has 2 aromatic rings. The fourth-order valence-corrected chi connectivity index (χ4v) is 2.71. The normalized spacial score (nSPS) is 11.6. The van der Waals surface area contributed by atoms with Gasteiger partial charge in [0.05, 0.1) is 12.0 Å². The quantitative estimate of drug-likeness (QED) is 0.780. The lowest BCUT2D eigenvalue weighted by Crippen LogP contribution is -2.30. The minimum Gasteiger partial charge on any atom is -0.452 e. The molecule has 0 saturated heterocycles. The zero-order valence-corrected chi connectivity index (χ0v) is 13.6. The number of hydrogen-bond donors (Lipinski definition) is 2. The average Bonchev–Trinajstić information content (AvgIpc) is 2.95. The molecule has 3 N–H and O–H groups in total. The minimum absolute atomic E-state index is 0.152. The summed E-state index contributed by atoms with van der Waals surface area (Å²) in [5.41, 5.74) is 5.82. The van der Waals surface area contributed by atoms with E-state index in [4.69, 9.17) is 10.5 Å². The predicted molar refractivity (Wildman–Crippen MR) is 87.1 cm³/mol. The lowest BCUT2D eigenvalue weighted by molar-refractivity contribution is -0.152. The van der Waals surface area contributed by atoms with Crippen LogP contribution in [0.1, 0.15) is 22.8 Å². The molecule has 0 radical (unpaired) electrons. The number of anilines is 1. The number of halogens is 1. The smallest absolute Gasteiger partial charge is 0.311 e.